The van der Waals surface area contributed by atoms with Crippen molar-refractivity contribution in [3.63, 3.8) is 0 Å². The van der Waals surface area contributed by atoms with Gasteiger partial charge in [-0.25, -0.2) is 4.79 Å². The zero-order chi connectivity index (χ0) is 11.7. The molecule has 0 N–H and O–H groups in total. The molecule has 0 aliphatic carbocycles. The Morgan fingerprint density at radius 3 is 2.53 bits per heavy atom. The van der Waals surface area contributed by atoms with Crippen LogP contribution in [-0.4, -0.2) is 25.8 Å². The molecule has 15 heavy (non-hydrogen) atoms. The van der Waals surface area contributed by atoms with Gasteiger partial charge in [-0.3, -0.25) is 4.57 Å². The van der Waals surface area contributed by atoms with Crippen LogP contribution in [0.5, 0.6) is 0 Å². The van der Waals surface area contributed by atoms with Crippen molar-refractivity contribution in [3.05, 3.63) is 12.2 Å². The van der Waals surface area contributed by atoms with Crippen LogP contribution in [-0.2, 0) is 23.1 Å². The molecule has 0 aliphatic heterocycles. The maximum atomic E-state index is 10.9. The van der Waals surface area contributed by atoms with E-state index in [-0.39, 0.29) is 13.2 Å². The molecular formula is C9H17O5P. The topological polar surface area (TPSA) is 61.8 Å². The van der Waals surface area contributed by atoms with Crippen molar-refractivity contribution in [1.82, 2.24) is 0 Å². The van der Waals surface area contributed by atoms with Crippen molar-refractivity contribution in [3.8, 4) is 0 Å². The number of carbonyl (C=O) groups is 1. The average molecular weight is 236 g/mol. The van der Waals surface area contributed by atoms with Crippen molar-refractivity contribution in [2.45, 2.75) is 20.3 Å². The number of hydrogen-bond acceptors (Lipinski definition) is 5. The minimum atomic E-state index is -2.37. The lowest BCUT2D eigenvalue weighted by Gasteiger charge is -2.05. The molecule has 5 nitrogen and oxygen atoms in total. The minimum absolute atomic E-state index is 0.229. The smallest absolute Gasteiger partial charge is 0.333 e. The van der Waals surface area contributed by atoms with E-state index < -0.39 is 14.2 Å². The van der Waals surface area contributed by atoms with Crippen LogP contribution in [0.4, 0.5) is 0 Å². The largest absolute Gasteiger partial charge is 0.462 e. The molecule has 0 saturated heterocycles. The number of hydrogen-bond donors (Lipinski definition) is 0. The minimum Gasteiger partial charge on any atom is -0.462 e. The highest BCUT2D eigenvalue weighted by Gasteiger charge is 2.02. The van der Waals surface area contributed by atoms with Crippen LogP contribution in [0.25, 0.3) is 0 Å². The lowest BCUT2D eigenvalue weighted by atomic mass is 10.4. The molecule has 0 spiro atoms. The Morgan fingerprint density at radius 2 is 2.00 bits per heavy atom. The Morgan fingerprint density at radius 1 is 1.33 bits per heavy atom. The highest BCUT2D eigenvalue weighted by molar-refractivity contribution is 7.33. The molecule has 1 atom stereocenters. The molecule has 0 heterocycles. The molecule has 0 amide bonds. The Labute approximate surface area is 90.3 Å². The average Bonchev–Trinajstić information content (AvgIpc) is 2.17. The van der Waals surface area contributed by atoms with Crippen LogP contribution in [0.15, 0.2) is 12.2 Å². The Kier molecular flexibility index (Phi) is 8.28. The molecule has 0 aliphatic rings. The molecule has 0 radical (unpaired) electrons. The Bertz CT molecular complexity index is 239. The summed E-state index contributed by atoms with van der Waals surface area (Å²) in [6.07, 6.45) is 0.489. The fraction of sp³-hybridized carbons (Fsp3) is 0.667. The monoisotopic (exact) mass is 236 g/mol. The zero-order valence-corrected chi connectivity index (χ0v) is 10.1. The molecule has 0 bridgehead atoms. The van der Waals surface area contributed by atoms with Crippen LogP contribution >= 0.6 is 8.25 Å². The molecule has 0 saturated carbocycles. The first kappa shape index (κ1) is 14.4. The molecule has 0 aromatic carbocycles. The third-order valence-electron chi connectivity index (χ3n) is 1.35. The lowest BCUT2D eigenvalue weighted by molar-refractivity contribution is -0.139. The summed E-state index contributed by atoms with van der Waals surface area (Å²) >= 11 is 0. The van der Waals surface area contributed by atoms with E-state index >= 15 is 0 Å². The van der Waals surface area contributed by atoms with E-state index in [9.17, 15) is 9.36 Å². The van der Waals surface area contributed by atoms with Crippen molar-refractivity contribution in [2.24, 2.45) is 0 Å². The fourth-order valence-electron chi connectivity index (χ4n) is 0.662. The number of ether oxygens (including phenoxy) is 1. The summed E-state index contributed by atoms with van der Waals surface area (Å²) in [6.45, 7) is 7.59. The van der Waals surface area contributed by atoms with Crippen LogP contribution < -0.4 is 0 Å². The predicted octanol–water partition coefficient (Wildman–Crippen LogP) is 1.94. The van der Waals surface area contributed by atoms with Gasteiger partial charge in [-0.1, -0.05) is 6.58 Å². The van der Waals surface area contributed by atoms with E-state index in [2.05, 4.69) is 6.58 Å². The molecule has 88 valence electrons. The summed E-state index contributed by atoms with van der Waals surface area (Å²) in [5.41, 5.74) is 0.360. The van der Waals surface area contributed by atoms with Gasteiger partial charge in [0.1, 0.15) is 0 Å². The van der Waals surface area contributed by atoms with E-state index in [0.29, 0.717) is 18.6 Å². The molecule has 1 unspecified atom stereocenters. The number of carbonyl (C=O) groups excluding carboxylic acids is 1. The highest BCUT2D eigenvalue weighted by atomic mass is 31.1. The van der Waals surface area contributed by atoms with Crippen molar-refractivity contribution in [1.29, 1.82) is 0 Å². The molecule has 6 heteroatoms. The summed E-state index contributed by atoms with van der Waals surface area (Å²) in [6, 6.07) is 0. The first-order valence-corrected chi connectivity index (χ1v) is 5.92. The summed E-state index contributed by atoms with van der Waals surface area (Å²) in [4.78, 5) is 10.9. The van der Waals surface area contributed by atoms with E-state index in [1.807, 2.05) is 0 Å². The van der Waals surface area contributed by atoms with Crippen LogP contribution in [0.2, 0.25) is 0 Å². The summed E-state index contributed by atoms with van der Waals surface area (Å²) in [5.74, 6) is -0.424. The fourth-order valence-corrected chi connectivity index (χ4v) is 1.29. The number of rotatable bonds is 8. The second-order valence-electron chi connectivity index (χ2n) is 2.80. The van der Waals surface area contributed by atoms with Gasteiger partial charge in [0, 0.05) is 12.0 Å². The van der Waals surface area contributed by atoms with Gasteiger partial charge < -0.3 is 13.8 Å². The first-order chi connectivity index (χ1) is 7.07. The first-order valence-electron chi connectivity index (χ1n) is 4.70. The van der Waals surface area contributed by atoms with E-state index in [1.54, 1.807) is 13.8 Å². The lowest BCUT2D eigenvalue weighted by Crippen LogP contribution is -2.07. The van der Waals surface area contributed by atoms with Crippen molar-refractivity contribution in [2.75, 3.05) is 19.8 Å². The van der Waals surface area contributed by atoms with E-state index in [4.69, 9.17) is 13.8 Å². The predicted molar refractivity (Wildman–Crippen MR) is 57.0 cm³/mol. The van der Waals surface area contributed by atoms with Gasteiger partial charge >= 0.3 is 14.2 Å². The molecular weight excluding hydrogens is 219 g/mol. The highest BCUT2D eigenvalue weighted by Crippen LogP contribution is 2.22. The van der Waals surface area contributed by atoms with Crippen LogP contribution in [0.1, 0.15) is 20.3 Å². The van der Waals surface area contributed by atoms with Gasteiger partial charge in [-0.15, -0.1) is 0 Å². The number of esters is 1. The van der Waals surface area contributed by atoms with Gasteiger partial charge in [-0.05, 0) is 13.8 Å². The second kappa shape index (κ2) is 8.65. The standard InChI is InChI=1S/C9H17O5P/c1-4-13-15(11)14-7-5-6-12-9(10)8(2)3/h15H,2,4-7H2,1,3H3. The molecule has 0 aromatic heterocycles. The third kappa shape index (κ3) is 8.36. The maximum Gasteiger partial charge on any atom is 0.333 e. The summed E-state index contributed by atoms with van der Waals surface area (Å²) in [5, 5.41) is 0. The van der Waals surface area contributed by atoms with Gasteiger partial charge in [0.15, 0.2) is 0 Å². The van der Waals surface area contributed by atoms with Gasteiger partial charge in [0.25, 0.3) is 0 Å². The third-order valence-corrected chi connectivity index (χ3v) is 2.32. The Balaban J connectivity index is 3.36. The quantitative estimate of drug-likeness (QED) is 0.279. The molecule has 0 aromatic rings. The van der Waals surface area contributed by atoms with Crippen molar-refractivity contribution >= 4 is 14.2 Å². The van der Waals surface area contributed by atoms with Crippen molar-refractivity contribution < 1.29 is 23.1 Å². The van der Waals surface area contributed by atoms with Gasteiger partial charge in [0.2, 0.25) is 0 Å². The summed E-state index contributed by atoms with van der Waals surface area (Å²) < 4.78 is 25.2. The van der Waals surface area contributed by atoms with E-state index in [1.165, 1.54) is 0 Å². The van der Waals surface area contributed by atoms with E-state index in [0.717, 1.165) is 0 Å². The Hall–Kier alpha value is -0.640. The second-order valence-corrected chi connectivity index (χ2v) is 3.88. The molecule has 0 fully saturated rings. The zero-order valence-electron chi connectivity index (χ0n) is 9.08. The molecule has 0 rings (SSSR count). The van der Waals surface area contributed by atoms with Gasteiger partial charge in [-0.2, -0.15) is 0 Å². The van der Waals surface area contributed by atoms with Gasteiger partial charge in [0.05, 0.1) is 19.8 Å². The summed E-state index contributed by atoms with van der Waals surface area (Å²) in [7, 11) is -2.37. The van der Waals surface area contributed by atoms with Crippen LogP contribution in [0, 0.1) is 0 Å². The SMILES string of the molecule is C=C(C)C(=O)OCCCO[PH](=O)OCC. The van der Waals surface area contributed by atoms with Crippen LogP contribution in [0.3, 0.4) is 0 Å². The maximum absolute atomic E-state index is 10.9. The normalized spacial score (nSPS) is 12.1.